The van der Waals surface area contributed by atoms with Gasteiger partial charge < -0.3 is 20.1 Å². The number of carboxylic acid groups (broad SMARTS) is 1. The average molecular weight is 420 g/mol. The molecule has 0 aliphatic heterocycles. The molecule has 2 aromatic rings. The van der Waals surface area contributed by atoms with Gasteiger partial charge in [0, 0.05) is 31.4 Å². The number of hydrogen-bond acceptors (Lipinski definition) is 5. The van der Waals surface area contributed by atoms with Gasteiger partial charge in [0.25, 0.3) is 0 Å². The maximum Gasteiger partial charge on any atom is 0.337 e. The molecule has 2 atom stereocenters. The second kappa shape index (κ2) is 9.25. The maximum absolute atomic E-state index is 11.4. The summed E-state index contributed by atoms with van der Waals surface area (Å²) in [6, 6.07) is 10.1. The van der Waals surface area contributed by atoms with Crippen LogP contribution in [-0.4, -0.2) is 42.3 Å². The van der Waals surface area contributed by atoms with Crippen LogP contribution in [0.25, 0.3) is 0 Å². The van der Waals surface area contributed by atoms with Crippen molar-refractivity contribution < 1.29 is 14.6 Å². The highest BCUT2D eigenvalue weighted by atomic mass is 16.5. The molecule has 2 N–H and O–H groups in total. The molecule has 0 saturated carbocycles. The van der Waals surface area contributed by atoms with Crippen LogP contribution in [0.1, 0.15) is 36.5 Å². The third kappa shape index (κ3) is 4.58. The van der Waals surface area contributed by atoms with Gasteiger partial charge in [-0.15, -0.1) is 0 Å². The molecule has 0 fully saturated rings. The Hall–Kier alpha value is -3.28. The fourth-order valence-corrected chi connectivity index (χ4v) is 4.51. The van der Waals surface area contributed by atoms with Gasteiger partial charge in [-0.05, 0) is 62.1 Å². The highest BCUT2D eigenvalue weighted by molar-refractivity contribution is 5.93. The van der Waals surface area contributed by atoms with Crippen molar-refractivity contribution in [2.45, 2.75) is 32.2 Å². The smallest absolute Gasteiger partial charge is 0.337 e. The lowest BCUT2D eigenvalue weighted by atomic mass is 9.91. The minimum atomic E-state index is -0.936. The van der Waals surface area contributed by atoms with E-state index in [4.69, 9.17) is 4.74 Å². The lowest BCUT2D eigenvalue weighted by Gasteiger charge is -2.31. The highest BCUT2D eigenvalue weighted by Crippen LogP contribution is 2.39. The Morgan fingerprint density at radius 3 is 2.84 bits per heavy atom. The van der Waals surface area contributed by atoms with Crippen LogP contribution in [0.2, 0.25) is 0 Å². The van der Waals surface area contributed by atoms with E-state index in [0.29, 0.717) is 30.8 Å². The number of nitrogens with one attached hydrogen (secondary N) is 1. The summed E-state index contributed by atoms with van der Waals surface area (Å²) in [6.07, 6.45) is 10.9. The zero-order valence-electron chi connectivity index (χ0n) is 18.0. The average Bonchev–Trinajstić information content (AvgIpc) is 3.20. The van der Waals surface area contributed by atoms with E-state index in [1.807, 2.05) is 19.1 Å². The zero-order chi connectivity index (χ0) is 21.8. The second-order valence-electron chi connectivity index (χ2n) is 8.07. The summed E-state index contributed by atoms with van der Waals surface area (Å²) in [5.41, 5.74) is 4.94. The SMILES string of the molecule is CCOc1ccc(N(C)C2C=CC3=C(CC[C@H]3CNc3cnccc3C(=O)O)C2)cc1. The molecule has 1 aromatic heterocycles. The maximum atomic E-state index is 11.4. The van der Waals surface area contributed by atoms with Gasteiger partial charge in [0.2, 0.25) is 0 Å². The minimum Gasteiger partial charge on any atom is -0.494 e. The minimum absolute atomic E-state index is 0.262. The Kier molecular flexibility index (Phi) is 6.26. The van der Waals surface area contributed by atoms with Gasteiger partial charge in [0.05, 0.1) is 30.1 Å². The van der Waals surface area contributed by atoms with Crippen LogP contribution in [0.3, 0.4) is 0 Å². The first-order valence-corrected chi connectivity index (χ1v) is 10.8. The predicted octanol–water partition coefficient (Wildman–Crippen LogP) is 4.76. The van der Waals surface area contributed by atoms with E-state index >= 15 is 0 Å². The molecule has 0 bridgehead atoms. The largest absolute Gasteiger partial charge is 0.494 e. The number of pyridine rings is 1. The van der Waals surface area contributed by atoms with E-state index in [1.54, 1.807) is 6.20 Å². The predicted molar refractivity (Wildman–Crippen MR) is 123 cm³/mol. The van der Waals surface area contributed by atoms with Crippen molar-refractivity contribution in [1.82, 2.24) is 4.98 Å². The Bertz CT molecular complexity index is 997. The standard InChI is InChI=1S/C25H29N3O3/c1-3-31-21-9-6-19(7-10-21)28(2)20-8-11-22-17(14-20)4-5-18(22)15-27-24-16-26-13-12-23(24)25(29)30/h6-13,16,18,20,27H,3-5,14-15H2,1-2H3,(H,29,30)/t18-,20?/m0/s1. The first kappa shape index (κ1) is 21.0. The molecule has 2 aliphatic carbocycles. The van der Waals surface area contributed by atoms with Crippen molar-refractivity contribution in [3.05, 3.63) is 71.6 Å². The second-order valence-corrected chi connectivity index (χ2v) is 8.07. The van der Waals surface area contributed by atoms with Crippen LogP contribution in [0.5, 0.6) is 5.75 Å². The normalized spacial score (nSPS) is 19.8. The van der Waals surface area contributed by atoms with Crippen molar-refractivity contribution in [3.8, 4) is 5.75 Å². The summed E-state index contributed by atoms with van der Waals surface area (Å²) < 4.78 is 5.55. The molecule has 4 rings (SSSR count). The number of likely N-dealkylation sites (N-methyl/N-ethyl adjacent to an activating group) is 1. The molecular weight excluding hydrogens is 390 g/mol. The van der Waals surface area contributed by atoms with Crippen molar-refractivity contribution in [2.75, 3.05) is 30.4 Å². The van der Waals surface area contributed by atoms with Gasteiger partial charge >= 0.3 is 5.97 Å². The molecule has 162 valence electrons. The number of rotatable bonds is 8. The van der Waals surface area contributed by atoms with E-state index in [0.717, 1.165) is 25.0 Å². The first-order chi connectivity index (χ1) is 15.1. The highest BCUT2D eigenvalue weighted by Gasteiger charge is 2.29. The molecular formula is C25H29N3O3. The molecule has 6 nitrogen and oxygen atoms in total. The molecule has 2 aliphatic rings. The lowest BCUT2D eigenvalue weighted by Crippen LogP contribution is -2.31. The number of carbonyl (C=O) groups is 1. The summed E-state index contributed by atoms with van der Waals surface area (Å²) in [4.78, 5) is 17.8. The summed E-state index contributed by atoms with van der Waals surface area (Å²) in [5.74, 6) is 0.355. The van der Waals surface area contributed by atoms with Gasteiger partial charge in [-0.1, -0.05) is 17.7 Å². The van der Waals surface area contributed by atoms with Crippen LogP contribution in [0.15, 0.2) is 66.0 Å². The number of nitrogens with zero attached hydrogens (tertiary/aromatic N) is 2. The van der Waals surface area contributed by atoms with Gasteiger partial charge in [-0.2, -0.15) is 0 Å². The third-order valence-electron chi connectivity index (χ3n) is 6.24. The molecule has 0 spiro atoms. The number of aromatic carboxylic acids is 1. The van der Waals surface area contributed by atoms with E-state index < -0.39 is 5.97 Å². The van der Waals surface area contributed by atoms with Crippen LogP contribution in [0, 0.1) is 5.92 Å². The van der Waals surface area contributed by atoms with Crippen LogP contribution in [-0.2, 0) is 0 Å². The van der Waals surface area contributed by atoms with Crippen LogP contribution >= 0.6 is 0 Å². The molecule has 1 unspecified atom stereocenters. The molecule has 1 heterocycles. The van der Waals surface area contributed by atoms with Crippen molar-refractivity contribution >= 4 is 17.3 Å². The number of hydrogen-bond donors (Lipinski definition) is 2. The zero-order valence-corrected chi connectivity index (χ0v) is 18.0. The molecule has 1 aromatic carbocycles. The topological polar surface area (TPSA) is 74.7 Å². The fraction of sp³-hybridized carbons (Fsp3) is 0.360. The number of carboxylic acids is 1. The van der Waals surface area contributed by atoms with E-state index in [1.165, 1.54) is 29.1 Å². The fourth-order valence-electron chi connectivity index (χ4n) is 4.51. The summed E-state index contributed by atoms with van der Waals surface area (Å²) in [5, 5.41) is 12.7. The molecule has 0 amide bonds. The molecule has 0 saturated heterocycles. The number of ether oxygens (including phenoxy) is 1. The number of benzene rings is 1. The first-order valence-electron chi connectivity index (χ1n) is 10.8. The summed E-state index contributed by atoms with van der Waals surface area (Å²) in [7, 11) is 2.14. The Labute approximate surface area is 183 Å². The Morgan fingerprint density at radius 1 is 1.29 bits per heavy atom. The third-order valence-corrected chi connectivity index (χ3v) is 6.24. The van der Waals surface area contributed by atoms with Gasteiger partial charge in [0.15, 0.2) is 0 Å². The summed E-state index contributed by atoms with van der Waals surface area (Å²) >= 11 is 0. The van der Waals surface area contributed by atoms with Gasteiger partial charge in [0.1, 0.15) is 5.75 Å². The number of anilines is 2. The van der Waals surface area contributed by atoms with Crippen molar-refractivity contribution in [3.63, 3.8) is 0 Å². The Morgan fingerprint density at radius 2 is 2.10 bits per heavy atom. The monoisotopic (exact) mass is 419 g/mol. The van der Waals surface area contributed by atoms with E-state index in [-0.39, 0.29) is 5.56 Å². The molecule has 31 heavy (non-hydrogen) atoms. The quantitative estimate of drug-likeness (QED) is 0.642. The number of allylic oxidation sites excluding steroid dienone is 1. The van der Waals surface area contributed by atoms with E-state index in [9.17, 15) is 9.90 Å². The molecule has 0 radical (unpaired) electrons. The summed E-state index contributed by atoms with van der Waals surface area (Å²) in [6.45, 7) is 3.38. The lowest BCUT2D eigenvalue weighted by molar-refractivity contribution is 0.0697. The Balaban J connectivity index is 1.39. The van der Waals surface area contributed by atoms with Crippen LogP contribution in [0.4, 0.5) is 11.4 Å². The van der Waals surface area contributed by atoms with E-state index in [2.05, 4.69) is 46.5 Å². The van der Waals surface area contributed by atoms with Crippen molar-refractivity contribution in [1.29, 1.82) is 0 Å². The van der Waals surface area contributed by atoms with Gasteiger partial charge in [-0.25, -0.2) is 4.79 Å². The number of aromatic nitrogens is 1. The van der Waals surface area contributed by atoms with Crippen molar-refractivity contribution in [2.24, 2.45) is 5.92 Å². The van der Waals surface area contributed by atoms with Crippen LogP contribution < -0.4 is 15.0 Å². The molecule has 6 heteroatoms. The van der Waals surface area contributed by atoms with Gasteiger partial charge in [-0.3, -0.25) is 4.98 Å².